The molecule has 0 bridgehead atoms. The number of hydrogen-bond donors (Lipinski definition) is 0. The van der Waals surface area contributed by atoms with Crippen LogP contribution in [0, 0.1) is 0 Å². The summed E-state index contributed by atoms with van der Waals surface area (Å²) in [6.45, 7) is 0. The van der Waals surface area contributed by atoms with E-state index in [4.69, 9.17) is 19.4 Å². The Bertz CT molecular complexity index is 3110. The molecule has 5 heteroatoms. The Kier molecular flexibility index (Phi) is 7.42. The minimum absolute atomic E-state index is 0.615. The highest BCUT2D eigenvalue weighted by atomic mass is 16.3. The smallest absolute Gasteiger partial charge is 0.164 e. The highest BCUT2D eigenvalue weighted by Crippen LogP contribution is 2.37. The summed E-state index contributed by atoms with van der Waals surface area (Å²) in [6, 6.07) is 67.6. The fraction of sp³-hybridized carbons (Fsp3) is 0. The number of aromatic nitrogens is 4. The van der Waals surface area contributed by atoms with Crippen molar-refractivity contribution in [3.63, 3.8) is 0 Å². The van der Waals surface area contributed by atoms with Crippen molar-refractivity contribution in [3.8, 4) is 62.1 Å². The summed E-state index contributed by atoms with van der Waals surface area (Å²) in [5.41, 5.74) is 12.6. The van der Waals surface area contributed by atoms with Crippen molar-refractivity contribution in [1.82, 2.24) is 19.5 Å². The number of hydrogen-bond acceptors (Lipinski definition) is 4. The molecule has 3 heterocycles. The molecule has 5 nitrogen and oxygen atoms in total. The van der Waals surface area contributed by atoms with E-state index in [-0.39, 0.29) is 0 Å². The van der Waals surface area contributed by atoms with E-state index in [9.17, 15) is 0 Å². The van der Waals surface area contributed by atoms with Crippen molar-refractivity contribution in [2.24, 2.45) is 0 Å². The van der Waals surface area contributed by atoms with Crippen LogP contribution in [0.15, 0.2) is 199 Å². The van der Waals surface area contributed by atoms with Gasteiger partial charge < -0.3 is 8.98 Å². The second kappa shape index (κ2) is 13.0. The highest BCUT2D eigenvalue weighted by Gasteiger charge is 2.16. The summed E-state index contributed by atoms with van der Waals surface area (Å²) >= 11 is 0. The largest absolute Gasteiger partial charge is 0.456 e. The van der Waals surface area contributed by atoms with Crippen molar-refractivity contribution in [2.45, 2.75) is 0 Å². The molecule has 0 unspecified atom stereocenters. The Morgan fingerprint density at radius 3 is 1.23 bits per heavy atom. The molecule has 0 saturated carbocycles. The molecule has 0 radical (unpaired) electrons. The lowest BCUT2D eigenvalue weighted by Crippen LogP contribution is -2.00. The molecule has 11 rings (SSSR count). The molecule has 0 N–H and O–H groups in total. The van der Waals surface area contributed by atoms with Crippen LogP contribution in [0.3, 0.4) is 0 Å². The quantitative estimate of drug-likeness (QED) is 0.172. The van der Waals surface area contributed by atoms with Crippen molar-refractivity contribution >= 4 is 43.7 Å². The third kappa shape index (κ3) is 5.45. The van der Waals surface area contributed by atoms with Gasteiger partial charge in [0.25, 0.3) is 0 Å². The molecule has 0 aliphatic heterocycles. The van der Waals surface area contributed by atoms with Gasteiger partial charge in [-0.05, 0) is 76.9 Å². The molecule has 8 aromatic carbocycles. The van der Waals surface area contributed by atoms with Gasteiger partial charge in [0.15, 0.2) is 17.5 Å². The first kappa shape index (κ1) is 31.9. The van der Waals surface area contributed by atoms with Gasteiger partial charge in [-0.3, -0.25) is 0 Å². The Morgan fingerprint density at radius 2 is 0.696 bits per heavy atom. The maximum atomic E-state index is 6.33. The Morgan fingerprint density at radius 1 is 0.304 bits per heavy atom. The normalized spacial score (nSPS) is 11.6. The fourth-order valence-corrected chi connectivity index (χ4v) is 7.89. The maximum absolute atomic E-state index is 6.33. The topological polar surface area (TPSA) is 56.7 Å². The lowest BCUT2D eigenvalue weighted by Gasteiger charge is -2.10. The summed E-state index contributed by atoms with van der Waals surface area (Å²) in [5.74, 6) is 1.89. The number of benzene rings is 8. The van der Waals surface area contributed by atoms with Crippen LogP contribution in [-0.4, -0.2) is 19.5 Å². The van der Waals surface area contributed by atoms with E-state index in [0.29, 0.717) is 17.5 Å². The van der Waals surface area contributed by atoms with Crippen molar-refractivity contribution in [2.75, 3.05) is 0 Å². The van der Waals surface area contributed by atoms with Gasteiger partial charge in [-0.1, -0.05) is 140 Å². The van der Waals surface area contributed by atoms with E-state index < -0.39 is 0 Å². The van der Waals surface area contributed by atoms with E-state index in [1.165, 1.54) is 32.9 Å². The zero-order valence-corrected chi connectivity index (χ0v) is 30.2. The van der Waals surface area contributed by atoms with Crippen LogP contribution in [0.1, 0.15) is 0 Å². The molecule has 56 heavy (non-hydrogen) atoms. The van der Waals surface area contributed by atoms with Crippen LogP contribution in [0.4, 0.5) is 0 Å². The number of fused-ring (bicyclic) bond motifs is 6. The zero-order chi connectivity index (χ0) is 37.0. The van der Waals surface area contributed by atoms with Crippen LogP contribution < -0.4 is 0 Å². The predicted molar refractivity (Wildman–Crippen MR) is 229 cm³/mol. The second-order valence-corrected chi connectivity index (χ2v) is 14.1. The SMILES string of the molecule is c1ccc(-c2nc(-c3ccccc3)nc(-c3ccc4oc5ccc(-c6ccc(-c7ccc(-n8c9ccccc9c9ccccc98)cc7)cc6)cc5c4c3)n2)cc1. The fourth-order valence-electron chi connectivity index (χ4n) is 7.89. The van der Waals surface area contributed by atoms with Gasteiger partial charge in [0.1, 0.15) is 11.2 Å². The molecule has 0 saturated heterocycles. The number of rotatable bonds is 6. The highest BCUT2D eigenvalue weighted by molar-refractivity contribution is 6.09. The minimum Gasteiger partial charge on any atom is -0.456 e. The first-order chi connectivity index (χ1) is 27.7. The van der Waals surface area contributed by atoms with Gasteiger partial charge in [-0.25, -0.2) is 15.0 Å². The molecule has 0 aliphatic rings. The second-order valence-electron chi connectivity index (χ2n) is 14.1. The van der Waals surface area contributed by atoms with Crippen molar-refractivity contribution in [3.05, 3.63) is 194 Å². The summed E-state index contributed by atoms with van der Waals surface area (Å²) < 4.78 is 8.68. The molecular weight excluding hydrogens is 685 g/mol. The number of nitrogens with zero attached hydrogens (tertiary/aromatic N) is 4. The summed E-state index contributed by atoms with van der Waals surface area (Å²) in [4.78, 5) is 14.8. The van der Waals surface area contributed by atoms with Gasteiger partial charge in [0, 0.05) is 43.9 Å². The molecule has 262 valence electrons. The van der Waals surface area contributed by atoms with Gasteiger partial charge >= 0.3 is 0 Å². The Labute approximate surface area is 322 Å². The first-order valence-corrected chi connectivity index (χ1v) is 18.8. The standard InChI is InChI=1S/C51H32N4O/c1-3-11-36(12-4-1)49-52-50(37-13-5-2-6-14-37)54-51(53-49)39-26-30-48-44(32-39)43-31-38(25-29-47(43)56-48)35-21-19-33(20-22-35)34-23-27-40(28-24-34)55-45-17-9-7-15-41(45)42-16-8-10-18-46(42)55/h1-32H. The average Bonchev–Trinajstić information content (AvgIpc) is 3.82. The van der Waals surface area contributed by atoms with Crippen LogP contribution in [-0.2, 0) is 0 Å². The minimum atomic E-state index is 0.615. The van der Waals surface area contributed by atoms with Gasteiger partial charge in [-0.2, -0.15) is 0 Å². The average molecular weight is 717 g/mol. The molecule has 0 aliphatic carbocycles. The van der Waals surface area contributed by atoms with Gasteiger partial charge in [0.05, 0.1) is 11.0 Å². The van der Waals surface area contributed by atoms with Crippen molar-refractivity contribution in [1.29, 1.82) is 0 Å². The Balaban J connectivity index is 0.925. The predicted octanol–water partition coefficient (Wildman–Crippen LogP) is 13.2. The van der Waals surface area contributed by atoms with E-state index >= 15 is 0 Å². The number of para-hydroxylation sites is 2. The monoisotopic (exact) mass is 716 g/mol. The van der Waals surface area contributed by atoms with Gasteiger partial charge in [-0.15, -0.1) is 0 Å². The molecular formula is C51H32N4O. The first-order valence-electron chi connectivity index (χ1n) is 18.8. The summed E-state index contributed by atoms with van der Waals surface area (Å²) in [6.07, 6.45) is 0. The molecule has 0 amide bonds. The van der Waals surface area contributed by atoms with E-state index in [0.717, 1.165) is 55.4 Å². The van der Waals surface area contributed by atoms with Crippen LogP contribution in [0.5, 0.6) is 0 Å². The molecule has 0 atom stereocenters. The molecule has 0 fully saturated rings. The third-order valence-corrected chi connectivity index (χ3v) is 10.7. The van der Waals surface area contributed by atoms with E-state index in [1.807, 2.05) is 72.8 Å². The van der Waals surface area contributed by atoms with E-state index in [1.54, 1.807) is 0 Å². The third-order valence-electron chi connectivity index (χ3n) is 10.7. The van der Waals surface area contributed by atoms with Crippen LogP contribution >= 0.6 is 0 Å². The molecule has 3 aromatic heterocycles. The zero-order valence-electron chi connectivity index (χ0n) is 30.2. The Hall–Kier alpha value is -7.63. The summed E-state index contributed by atoms with van der Waals surface area (Å²) in [5, 5.41) is 4.59. The van der Waals surface area contributed by atoms with Crippen LogP contribution in [0.25, 0.3) is 106 Å². The lowest BCUT2D eigenvalue weighted by molar-refractivity contribution is 0.669. The molecule has 11 aromatic rings. The van der Waals surface area contributed by atoms with E-state index in [2.05, 4.69) is 126 Å². The molecule has 0 spiro atoms. The van der Waals surface area contributed by atoms with Gasteiger partial charge in [0.2, 0.25) is 0 Å². The summed E-state index contributed by atoms with van der Waals surface area (Å²) in [7, 11) is 0. The lowest BCUT2D eigenvalue weighted by atomic mass is 9.98. The number of furan rings is 1. The maximum Gasteiger partial charge on any atom is 0.164 e. The van der Waals surface area contributed by atoms with Crippen LogP contribution in [0.2, 0.25) is 0 Å². The van der Waals surface area contributed by atoms with Crippen molar-refractivity contribution < 1.29 is 4.42 Å².